The highest BCUT2D eigenvalue weighted by atomic mass is 35.5. The number of ether oxygens (including phenoxy) is 1. The summed E-state index contributed by atoms with van der Waals surface area (Å²) in [5.41, 5.74) is 15.2. The van der Waals surface area contributed by atoms with Gasteiger partial charge in [0.25, 0.3) is 11.8 Å². The summed E-state index contributed by atoms with van der Waals surface area (Å²) in [6.07, 6.45) is -0.437. The number of nitrogens with one attached hydrogen (secondary N) is 1. The zero-order valence-electron chi connectivity index (χ0n) is 16.8. The smallest absolute Gasteiger partial charge is 0.297 e. The van der Waals surface area contributed by atoms with Crippen LogP contribution >= 0.6 is 12.4 Å². The lowest BCUT2D eigenvalue weighted by Gasteiger charge is -2.14. The van der Waals surface area contributed by atoms with E-state index in [9.17, 15) is 9.59 Å². The van der Waals surface area contributed by atoms with Crippen molar-refractivity contribution in [3.05, 3.63) is 76.2 Å². The van der Waals surface area contributed by atoms with Crippen LogP contribution in [-0.4, -0.2) is 38.1 Å². The van der Waals surface area contributed by atoms with E-state index >= 15 is 0 Å². The molecule has 10 nitrogen and oxygen atoms in total. The summed E-state index contributed by atoms with van der Waals surface area (Å²) in [6, 6.07) is 15.3. The third kappa shape index (κ3) is 8.93. The Morgan fingerprint density at radius 2 is 1.84 bits per heavy atom. The third-order valence-electron chi connectivity index (χ3n) is 3.90. The lowest BCUT2D eigenvalue weighted by atomic mass is 10.1. The monoisotopic (exact) mass is 445 g/mol. The van der Waals surface area contributed by atoms with E-state index < -0.39 is 12.0 Å². The Morgan fingerprint density at radius 1 is 1.13 bits per heavy atom. The summed E-state index contributed by atoms with van der Waals surface area (Å²) in [4.78, 5) is 27.1. The lowest BCUT2D eigenvalue weighted by Crippen LogP contribution is -2.28. The Morgan fingerprint density at radius 3 is 2.48 bits per heavy atom. The molecule has 0 bridgehead atoms. The summed E-state index contributed by atoms with van der Waals surface area (Å²) in [7, 11) is 0. The fourth-order valence-electron chi connectivity index (χ4n) is 2.45. The average molecular weight is 446 g/mol. The van der Waals surface area contributed by atoms with Crippen LogP contribution in [0.4, 0.5) is 5.69 Å². The fourth-order valence-corrected chi connectivity index (χ4v) is 2.45. The van der Waals surface area contributed by atoms with Gasteiger partial charge >= 0.3 is 0 Å². The van der Waals surface area contributed by atoms with Crippen LogP contribution in [0.25, 0.3) is 10.4 Å². The van der Waals surface area contributed by atoms with Gasteiger partial charge in [0.1, 0.15) is 0 Å². The summed E-state index contributed by atoms with van der Waals surface area (Å²) in [6.45, 7) is 1.25. The maximum Gasteiger partial charge on any atom is 0.297 e. The molecule has 0 aliphatic rings. The minimum absolute atomic E-state index is 0. The van der Waals surface area contributed by atoms with Crippen molar-refractivity contribution in [2.24, 2.45) is 21.1 Å². The molecule has 2 amide bonds. The number of benzene rings is 2. The highest BCUT2D eigenvalue weighted by Crippen LogP contribution is 2.21. The number of hydrogen-bond donors (Lipinski definition) is 2. The second-order valence-electron chi connectivity index (χ2n) is 6.10. The van der Waals surface area contributed by atoms with Crippen molar-refractivity contribution in [2.75, 3.05) is 26.2 Å². The van der Waals surface area contributed by atoms with E-state index in [0.29, 0.717) is 36.3 Å². The van der Waals surface area contributed by atoms with Crippen LogP contribution in [0.5, 0.6) is 0 Å². The Hall–Kier alpha value is -3.30. The van der Waals surface area contributed by atoms with Gasteiger partial charge in [-0.15, -0.1) is 22.6 Å². The minimum atomic E-state index is -0.915. The molecule has 2 aromatic rings. The molecular weight excluding hydrogens is 422 g/mol. The van der Waals surface area contributed by atoms with Crippen molar-refractivity contribution >= 4 is 29.9 Å². The van der Waals surface area contributed by atoms with Crippen molar-refractivity contribution < 1.29 is 14.3 Å². The SMILES string of the molecule is Cl.[N-]=[N+]=NCCCOC(C(=O)/N=N/c1ccc(C(=O)NCCN)cc1)c1ccccc1. The molecule has 0 aliphatic carbocycles. The van der Waals surface area contributed by atoms with Crippen LogP contribution in [0, 0.1) is 0 Å². The highest BCUT2D eigenvalue weighted by molar-refractivity contribution is 5.94. The number of nitrogens with zero attached hydrogens (tertiary/aromatic N) is 5. The molecule has 1 atom stereocenters. The molecule has 1 unspecified atom stereocenters. The van der Waals surface area contributed by atoms with Gasteiger partial charge in [-0.2, -0.15) is 0 Å². The minimum Gasteiger partial charge on any atom is -0.363 e. The van der Waals surface area contributed by atoms with Crippen LogP contribution in [-0.2, 0) is 9.53 Å². The topological polar surface area (TPSA) is 155 Å². The number of carbonyl (C=O) groups excluding carboxylic acids is 2. The van der Waals surface area contributed by atoms with Crippen molar-refractivity contribution in [3.8, 4) is 0 Å². The Bertz CT molecular complexity index is 901. The van der Waals surface area contributed by atoms with Crippen molar-refractivity contribution in [1.29, 1.82) is 0 Å². The number of azide groups is 1. The average Bonchev–Trinajstić information content (AvgIpc) is 2.79. The molecule has 2 rings (SSSR count). The normalized spacial score (nSPS) is 11.3. The molecule has 0 aliphatic heterocycles. The van der Waals surface area contributed by atoms with Gasteiger partial charge in [0, 0.05) is 36.7 Å². The Balaban J connectivity index is 0.00000480. The third-order valence-corrected chi connectivity index (χ3v) is 3.90. The second kappa shape index (κ2) is 14.6. The predicted molar refractivity (Wildman–Crippen MR) is 118 cm³/mol. The Labute approximate surface area is 185 Å². The van der Waals surface area contributed by atoms with Crippen LogP contribution in [0.2, 0.25) is 0 Å². The molecule has 164 valence electrons. The molecular formula is C20H24ClN7O3. The summed E-state index contributed by atoms with van der Waals surface area (Å²) in [5, 5.41) is 13.8. The maximum absolute atomic E-state index is 12.6. The maximum atomic E-state index is 12.6. The number of azo groups is 1. The molecule has 0 heterocycles. The molecule has 3 N–H and O–H groups in total. The first-order valence-corrected chi connectivity index (χ1v) is 9.37. The molecule has 2 aromatic carbocycles. The van der Waals surface area contributed by atoms with Gasteiger partial charge in [0.15, 0.2) is 6.10 Å². The van der Waals surface area contributed by atoms with E-state index in [1.807, 2.05) is 6.07 Å². The van der Waals surface area contributed by atoms with E-state index in [1.54, 1.807) is 48.5 Å². The van der Waals surface area contributed by atoms with Gasteiger partial charge in [-0.25, -0.2) is 0 Å². The zero-order chi connectivity index (χ0) is 21.6. The Kier molecular flexibility index (Phi) is 12.2. The van der Waals surface area contributed by atoms with Crippen LogP contribution in [0.15, 0.2) is 69.9 Å². The summed E-state index contributed by atoms with van der Waals surface area (Å²) in [5.74, 6) is -0.798. The quantitative estimate of drug-likeness (QED) is 0.233. The number of hydrogen-bond acceptors (Lipinski definition) is 6. The highest BCUT2D eigenvalue weighted by Gasteiger charge is 2.21. The number of halogens is 1. The van der Waals surface area contributed by atoms with Crippen molar-refractivity contribution in [2.45, 2.75) is 12.5 Å². The van der Waals surface area contributed by atoms with Gasteiger partial charge in [-0.05, 0) is 41.8 Å². The first-order chi connectivity index (χ1) is 14.7. The number of rotatable bonds is 11. The molecule has 0 spiro atoms. The number of carbonyl (C=O) groups is 2. The standard InChI is InChI=1S/C20H23N7O3.ClH/c21-11-13-23-19(28)16-7-9-17(10-8-16)25-26-20(29)18(15-5-2-1-3-6-15)30-14-4-12-24-27-22;/h1-3,5-10,18H,4,11-14,21H2,(H,23,28);1H/b26-25+;. The molecule has 0 radical (unpaired) electrons. The fraction of sp³-hybridized carbons (Fsp3) is 0.300. The first kappa shape index (κ1) is 25.7. The van der Waals surface area contributed by atoms with Crippen LogP contribution in [0.3, 0.4) is 0 Å². The van der Waals surface area contributed by atoms with Gasteiger partial charge in [-0.3, -0.25) is 9.59 Å². The molecule has 0 saturated carbocycles. The molecule has 0 saturated heterocycles. The van der Waals surface area contributed by atoms with Gasteiger partial charge in [-0.1, -0.05) is 35.4 Å². The van der Waals surface area contributed by atoms with Crippen LogP contribution in [0.1, 0.15) is 28.4 Å². The number of amides is 2. The zero-order valence-corrected chi connectivity index (χ0v) is 17.6. The molecule has 31 heavy (non-hydrogen) atoms. The van der Waals surface area contributed by atoms with Crippen molar-refractivity contribution in [1.82, 2.24) is 5.32 Å². The molecule has 11 heteroatoms. The van der Waals surface area contributed by atoms with Gasteiger partial charge < -0.3 is 15.8 Å². The first-order valence-electron chi connectivity index (χ1n) is 9.37. The summed E-state index contributed by atoms with van der Waals surface area (Å²) >= 11 is 0. The van der Waals surface area contributed by atoms with Gasteiger partial charge in [0.2, 0.25) is 0 Å². The van der Waals surface area contributed by atoms with E-state index in [4.69, 9.17) is 16.0 Å². The van der Waals surface area contributed by atoms with E-state index in [2.05, 4.69) is 25.6 Å². The predicted octanol–water partition coefficient (Wildman–Crippen LogP) is 3.87. The number of nitrogens with two attached hydrogens (primary N) is 1. The van der Waals surface area contributed by atoms with E-state index in [1.165, 1.54) is 0 Å². The molecule has 0 aromatic heterocycles. The van der Waals surface area contributed by atoms with Gasteiger partial charge in [0.05, 0.1) is 5.69 Å². The summed E-state index contributed by atoms with van der Waals surface area (Å²) < 4.78 is 5.66. The van der Waals surface area contributed by atoms with E-state index in [0.717, 1.165) is 0 Å². The van der Waals surface area contributed by atoms with Crippen LogP contribution < -0.4 is 11.1 Å². The lowest BCUT2D eigenvalue weighted by molar-refractivity contribution is -0.130. The van der Waals surface area contributed by atoms with E-state index in [-0.39, 0.29) is 31.5 Å². The largest absolute Gasteiger partial charge is 0.363 e. The second-order valence-corrected chi connectivity index (χ2v) is 6.10. The van der Waals surface area contributed by atoms with Crippen molar-refractivity contribution in [3.63, 3.8) is 0 Å². The molecule has 0 fully saturated rings.